The van der Waals surface area contributed by atoms with E-state index in [1.807, 2.05) is 13.8 Å². The molecule has 0 saturated carbocycles. The second-order valence-corrected chi connectivity index (χ2v) is 4.24. The number of hydrogen-bond donors (Lipinski definition) is 3. The summed E-state index contributed by atoms with van der Waals surface area (Å²) in [5.41, 5.74) is 0.715. The molecule has 0 aliphatic carbocycles. The Hall–Kier alpha value is -1.52. The number of aryl methyl sites for hydroxylation is 1. The quantitative estimate of drug-likeness (QED) is 0.694. The van der Waals surface area contributed by atoms with Crippen molar-refractivity contribution in [3.8, 4) is 0 Å². The summed E-state index contributed by atoms with van der Waals surface area (Å²) in [6.07, 6.45) is 5.09. The summed E-state index contributed by atoms with van der Waals surface area (Å²) < 4.78 is 0. The first kappa shape index (κ1) is 11.6. The molecule has 1 aromatic rings. The summed E-state index contributed by atoms with van der Waals surface area (Å²) in [6.45, 7) is 3.77. The molecule has 0 unspecified atom stereocenters. The van der Waals surface area contributed by atoms with Crippen LogP contribution < -0.4 is 5.32 Å². The molecule has 1 rings (SSSR count). The lowest BCUT2D eigenvalue weighted by Gasteiger charge is -2.24. The zero-order valence-corrected chi connectivity index (χ0v) is 9.08. The van der Waals surface area contributed by atoms with E-state index in [1.165, 1.54) is 0 Å². The summed E-state index contributed by atoms with van der Waals surface area (Å²) in [6, 6.07) is 0. The van der Waals surface area contributed by atoms with Crippen LogP contribution in [0.3, 0.4) is 0 Å². The summed E-state index contributed by atoms with van der Waals surface area (Å²) in [7, 11) is 0. The Labute approximate surface area is 88.9 Å². The van der Waals surface area contributed by atoms with Crippen LogP contribution in [0, 0.1) is 0 Å². The fraction of sp³-hybridized carbons (Fsp3) is 0.600. The lowest BCUT2D eigenvalue weighted by atomic mass is 9.97. The van der Waals surface area contributed by atoms with Crippen LogP contribution in [-0.2, 0) is 6.42 Å². The van der Waals surface area contributed by atoms with Gasteiger partial charge in [0.25, 0.3) is 0 Å². The van der Waals surface area contributed by atoms with Crippen molar-refractivity contribution in [3.05, 3.63) is 18.2 Å². The van der Waals surface area contributed by atoms with Crippen molar-refractivity contribution >= 4 is 6.09 Å². The molecule has 0 saturated heterocycles. The van der Waals surface area contributed by atoms with Gasteiger partial charge >= 0.3 is 6.09 Å². The minimum Gasteiger partial charge on any atom is -0.465 e. The highest BCUT2D eigenvalue weighted by Crippen LogP contribution is 2.13. The molecule has 0 aliphatic heterocycles. The molecular weight excluding hydrogens is 194 g/mol. The molecular formula is C10H17N3O2. The molecule has 0 atom stereocenters. The standard InChI is InChI=1S/C10H17N3O2/c1-10(2,13-9(14)15)5-3-4-8-6-11-7-12-8/h6-7,13H,3-5H2,1-2H3,(H,11,12)(H,14,15). The third-order valence-electron chi connectivity index (χ3n) is 2.25. The van der Waals surface area contributed by atoms with Crippen molar-refractivity contribution in [1.82, 2.24) is 15.3 Å². The second-order valence-electron chi connectivity index (χ2n) is 4.24. The fourth-order valence-electron chi connectivity index (χ4n) is 1.49. The van der Waals surface area contributed by atoms with Crippen LogP contribution in [0.15, 0.2) is 12.5 Å². The van der Waals surface area contributed by atoms with E-state index in [1.54, 1.807) is 12.5 Å². The van der Waals surface area contributed by atoms with E-state index >= 15 is 0 Å². The normalized spacial score (nSPS) is 11.3. The molecule has 0 radical (unpaired) electrons. The van der Waals surface area contributed by atoms with E-state index in [9.17, 15) is 4.79 Å². The average molecular weight is 211 g/mol. The number of hydrogen-bond acceptors (Lipinski definition) is 2. The molecule has 0 bridgehead atoms. The lowest BCUT2D eigenvalue weighted by molar-refractivity contribution is 0.180. The van der Waals surface area contributed by atoms with Gasteiger partial charge < -0.3 is 15.4 Å². The molecule has 0 aliphatic rings. The van der Waals surface area contributed by atoms with E-state index in [0.717, 1.165) is 25.0 Å². The van der Waals surface area contributed by atoms with Crippen molar-refractivity contribution in [2.24, 2.45) is 0 Å². The van der Waals surface area contributed by atoms with E-state index in [2.05, 4.69) is 15.3 Å². The SMILES string of the molecule is CC(C)(CCCc1cnc[nH]1)NC(=O)O. The van der Waals surface area contributed by atoms with Crippen molar-refractivity contribution < 1.29 is 9.90 Å². The van der Waals surface area contributed by atoms with Gasteiger partial charge in [0, 0.05) is 17.4 Å². The van der Waals surface area contributed by atoms with Crippen molar-refractivity contribution in [2.75, 3.05) is 0 Å². The van der Waals surface area contributed by atoms with E-state index < -0.39 is 6.09 Å². The van der Waals surface area contributed by atoms with Gasteiger partial charge in [0.1, 0.15) is 0 Å². The molecule has 1 aromatic heterocycles. The molecule has 5 heteroatoms. The van der Waals surface area contributed by atoms with Crippen LogP contribution in [0.4, 0.5) is 4.79 Å². The van der Waals surface area contributed by atoms with Crippen LogP contribution in [0.2, 0.25) is 0 Å². The number of rotatable bonds is 5. The molecule has 1 amide bonds. The Kier molecular flexibility index (Phi) is 3.71. The Balaban J connectivity index is 2.27. The Morgan fingerprint density at radius 1 is 1.67 bits per heavy atom. The molecule has 15 heavy (non-hydrogen) atoms. The van der Waals surface area contributed by atoms with Gasteiger partial charge in [0.2, 0.25) is 0 Å². The summed E-state index contributed by atoms with van der Waals surface area (Å²) in [5, 5.41) is 11.1. The Morgan fingerprint density at radius 3 is 2.93 bits per heavy atom. The lowest BCUT2D eigenvalue weighted by Crippen LogP contribution is -2.42. The predicted molar refractivity (Wildman–Crippen MR) is 56.8 cm³/mol. The van der Waals surface area contributed by atoms with E-state index in [0.29, 0.717) is 0 Å². The number of H-pyrrole nitrogens is 1. The van der Waals surface area contributed by atoms with Crippen molar-refractivity contribution in [3.63, 3.8) is 0 Å². The summed E-state index contributed by atoms with van der Waals surface area (Å²) >= 11 is 0. The molecule has 3 N–H and O–H groups in total. The third-order valence-corrected chi connectivity index (χ3v) is 2.25. The van der Waals surface area contributed by atoms with Crippen LogP contribution in [0.1, 0.15) is 32.4 Å². The number of imidazole rings is 1. The van der Waals surface area contributed by atoms with Gasteiger partial charge in [-0.25, -0.2) is 9.78 Å². The number of carboxylic acid groups (broad SMARTS) is 1. The van der Waals surface area contributed by atoms with Crippen molar-refractivity contribution in [1.29, 1.82) is 0 Å². The number of carbonyl (C=O) groups is 1. The monoisotopic (exact) mass is 211 g/mol. The van der Waals surface area contributed by atoms with Crippen LogP contribution in [0.25, 0.3) is 0 Å². The fourth-order valence-corrected chi connectivity index (χ4v) is 1.49. The largest absolute Gasteiger partial charge is 0.465 e. The van der Waals surface area contributed by atoms with Gasteiger partial charge in [0.05, 0.1) is 6.33 Å². The van der Waals surface area contributed by atoms with Gasteiger partial charge in [-0.2, -0.15) is 0 Å². The van der Waals surface area contributed by atoms with Gasteiger partial charge in [-0.15, -0.1) is 0 Å². The zero-order chi connectivity index (χ0) is 11.3. The van der Waals surface area contributed by atoms with Gasteiger partial charge in [-0.05, 0) is 33.1 Å². The van der Waals surface area contributed by atoms with Gasteiger partial charge in [0.15, 0.2) is 0 Å². The first-order chi connectivity index (χ1) is 6.99. The minimum absolute atomic E-state index is 0.369. The molecule has 0 spiro atoms. The Morgan fingerprint density at radius 2 is 2.40 bits per heavy atom. The van der Waals surface area contributed by atoms with Crippen molar-refractivity contribution in [2.45, 2.75) is 38.6 Å². The summed E-state index contributed by atoms with van der Waals surface area (Å²) in [5.74, 6) is 0. The minimum atomic E-state index is -0.971. The average Bonchev–Trinajstić information content (AvgIpc) is 2.53. The predicted octanol–water partition coefficient (Wildman–Crippen LogP) is 1.78. The number of aromatic amines is 1. The molecule has 84 valence electrons. The molecule has 5 nitrogen and oxygen atoms in total. The second kappa shape index (κ2) is 4.82. The van der Waals surface area contributed by atoms with Crippen LogP contribution in [-0.4, -0.2) is 26.7 Å². The molecule has 1 heterocycles. The summed E-state index contributed by atoms with van der Waals surface area (Å²) in [4.78, 5) is 17.4. The number of amides is 1. The van der Waals surface area contributed by atoms with Crippen LogP contribution in [0.5, 0.6) is 0 Å². The maximum absolute atomic E-state index is 10.5. The molecule has 0 aromatic carbocycles. The van der Waals surface area contributed by atoms with Gasteiger partial charge in [-0.3, -0.25) is 0 Å². The number of aromatic nitrogens is 2. The molecule has 0 fully saturated rings. The first-order valence-electron chi connectivity index (χ1n) is 4.98. The third kappa shape index (κ3) is 4.49. The van der Waals surface area contributed by atoms with E-state index in [-0.39, 0.29) is 5.54 Å². The zero-order valence-electron chi connectivity index (χ0n) is 9.08. The smallest absolute Gasteiger partial charge is 0.405 e. The first-order valence-corrected chi connectivity index (χ1v) is 4.98. The van der Waals surface area contributed by atoms with Gasteiger partial charge in [-0.1, -0.05) is 0 Å². The maximum Gasteiger partial charge on any atom is 0.405 e. The Bertz CT molecular complexity index is 306. The highest BCUT2D eigenvalue weighted by molar-refractivity contribution is 5.65. The number of nitrogens with one attached hydrogen (secondary N) is 2. The van der Waals surface area contributed by atoms with Crippen LogP contribution >= 0.6 is 0 Å². The number of nitrogens with zero attached hydrogens (tertiary/aromatic N) is 1. The maximum atomic E-state index is 10.5. The van der Waals surface area contributed by atoms with E-state index in [4.69, 9.17) is 5.11 Å². The highest BCUT2D eigenvalue weighted by atomic mass is 16.4. The highest BCUT2D eigenvalue weighted by Gasteiger charge is 2.19. The topological polar surface area (TPSA) is 78.0 Å².